The molecule has 0 radical (unpaired) electrons. The third kappa shape index (κ3) is 3.23. The molecular weight excluding hydrogens is 409 g/mol. The summed E-state index contributed by atoms with van der Waals surface area (Å²) >= 11 is 7.72. The summed E-state index contributed by atoms with van der Waals surface area (Å²) in [5, 5.41) is 5.64. The number of benzene rings is 1. The molecule has 0 aliphatic heterocycles. The number of rotatable bonds is 3. The van der Waals surface area contributed by atoms with Crippen molar-refractivity contribution in [2.75, 3.05) is 5.32 Å². The second kappa shape index (κ2) is 5.71. The van der Waals surface area contributed by atoms with Crippen LogP contribution in [0.5, 0.6) is 0 Å². The lowest BCUT2D eigenvalue weighted by molar-refractivity contribution is 0.903. The molecule has 0 bridgehead atoms. The summed E-state index contributed by atoms with van der Waals surface area (Å²) in [5.41, 5.74) is 2.49. The Morgan fingerprint density at radius 2 is 2.12 bits per heavy atom. The van der Waals surface area contributed by atoms with E-state index in [1.165, 1.54) is 24.2 Å². The molecule has 1 aromatic carbocycles. The van der Waals surface area contributed by atoms with E-state index in [0.717, 1.165) is 0 Å². The molecule has 0 saturated heterocycles. The van der Waals surface area contributed by atoms with E-state index in [0.29, 0.717) is 6.04 Å². The van der Waals surface area contributed by atoms with Gasteiger partial charge < -0.3 is 5.32 Å². The fourth-order valence-electron chi connectivity index (χ4n) is 1.61. The highest BCUT2D eigenvalue weighted by Gasteiger charge is 2.10. The van der Waals surface area contributed by atoms with Crippen molar-refractivity contribution in [1.29, 1.82) is 0 Å². The first kappa shape index (κ1) is 13.4. The SMILES string of the molecule is Cc1ccc(NC(C)c2sccc2Br)cc1I. The van der Waals surface area contributed by atoms with Crippen molar-refractivity contribution >= 4 is 55.5 Å². The topological polar surface area (TPSA) is 12.0 Å². The highest BCUT2D eigenvalue weighted by Crippen LogP contribution is 2.31. The molecule has 1 atom stereocenters. The number of halogens is 2. The Hall–Kier alpha value is -0.0700. The average Bonchev–Trinajstić information content (AvgIpc) is 2.70. The molecule has 1 heterocycles. The molecule has 1 N–H and O–H groups in total. The Morgan fingerprint density at radius 3 is 2.71 bits per heavy atom. The van der Waals surface area contributed by atoms with Crippen molar-refractivity contribution in [2.45, 2.75) is 19.9 Å². The van der Waals surface area contributed by atoms with Gasteiger partial charge in [0, 0.05) is 18.6 Å². The third-order valence-electron chi connectivity index (χ3n) is 2.59. The molecule has 0 saturated carbocycles. The van der Waals surface area contributed by atoms with E-state index in [2.05, 4.69) is 87.3 Å². The van der Waals surface area contributed by atoms with E-state index >= 15 is 0 Å². The van der Waals surface area contributed by atoms with Crippen LogP contribution in [0.25, 0.3) is 0 Å². The maximum atomic E-state index is 3.58. The van der Waals surface area contributed by atoms with Crippen LogP contribution in [0.3, 0.4) is 0 Å². The van der Waals surface area contributed by atoms with Gasteiger partial charge in [-0.25, -0.2) is 0 Å². The fraction of sp³-hybridized carbons (Fsp3) is 0.231. The highest BCUT2D eigenvalue weighted by atomic mass is 127. The monoisotopic (exact) mass is 421 g/mol. The standard InChI is InChI=1S/C13H13BrINS/c1-8-3-4-10(7-12(8)15)16-9(2)13-11(14)5-6-17-13/h3-7,9,16H,1-2H3. The number of anilines is 1. The second-order valence-corrected chi connectivity index (χ2v) is 6.93. The lowest BCUT2D eigenvalue weighted by atomic mass is 10.2. The minimum Gasteiger partial charge on any atom is -0.378 e. The van der Waals surface area contributed by atoms with Crippen LogP contribution in [-0.2, 0) is 0 Å². The average molecular weight is 422 g/mol. The van der Waals surface area contributed by atoms with Gasteiger partial charge >= 0.3 is 0 Å². The number of hydrogen-bond donors (Lipinski definition) is 1. The molecule has 2 aromatic rings. The molecule has 1 aromatic heterocycles. The van der Waals surface area contributed by atoms with E-state index in [-0.39, 0.29) is 0 Å². The molecule has 0 aliphatic carbocycles. The summed E-state index contributed by atoms with van der Waals surface area (Å²) in [6, 6.07) is 8.89. The third-order valence-corrected chi connectivity index (χ3v) is 5.81. The Balaban J connectivity index is 2.16. The van der Waals surface area contributed by atoms with Gasteiger partial charge in [-0.15, -0.1) is 11.3 Å². The predicted octanol–water partition coefficient (Wildman–Crippen LogP) is 5.60. The van der Waals surface area contributed by atoms with E-state index in [1.807, 2.05) is 0 Å². The Labute approximate surface area is 128 Å². The first-order valence-electron chi connectivity index (χ1n) is 5.33. The summed E-state index contributed by atoms with van der Waals surface area (Å²) in [6.45, 7) is 4.31. The molecule has 0 amide bonds. The van der Waals surface area contributed by atoms with Gasteiger partial charge in [-0.3, -0.25) is 0 Å². The lowest BCUT2D eigenvalue weighted by Crippen LogP contribution is -2.05. The molecule has 90 valence electrons. The van der Waals surface area contributed by atoms with Crippen LogP contribution >= 0.6 is 49.9 Å². The van der Waals surface area contributed by atoms with Gasteiger partial charge in [-0.05, 0) is 81.5 Å². The number of nitrogens with one attached hydrogen (secondary N) is 1. The van der Waals surface area contributed by atoms with Crippen molar-refractivity contribution in [1.82, 2.24) is 0 Å². The smallest absolute Gasteiger partial charge is 0.0589 e. The van der Waals surface area contributed by atoms with Crippen molar-refractivity contribution < 1.29 is 0 Å². The maximum Gasteiger partial charge on any atom is 0.0589 e. The summed E-state index contributed by atoms with van der Waals surface area (Å²) in [6.07, 6.45) is 0. The summed E-state index contributed by atoms with van der Waals surface area (Å²) < 4.78 is 2.48. The maximum absolute atomic E-state index is 3.58. The molecule has 0 fully saturated rings. The largest absolute Gasteiger partial charge is 0.378 e. The molecule has 4 heteroatoms. The fourth-order valence-corrected chi connectivity index (χ4v) is 3.85. The Bertz CT molecular complexity index is 524. The lowest BCUT2D eigenvalue weighted by Gasteiger charge is -2.15. The first-order chi connectivity index (χ1) is 8.08. The molecular formula is C13H13BrINS. The van der Waals surface area contributed by atoms with Crippen LogP contribution in [0.2, 0.25) is 0 Å². The molecule has 0 aliphatic rings. The van der Waals surface area contributed by atoms with Gasteiger partial charge in [0.1, 0.15) is 0 Å². The summed E-state index contributed by atoms with van der Waals surface area (Å²) in [4.78, 5) is 1.33. The number of aryl methyl sites for hydroxylation is 1. The van der Waals surface area contributed by atoms with Crippen molar-refractivity contribution in [3.05, 3.63) is 48.1 Å². The minimum atomic E-state index is 0.322. The molecule has 2 rings (SSSR count). The quantitative estimate of drug-likeness (QED) is 0.636. The van der Waals surface area contributed by atoms with E-state index in [4.69, 9.17) is 0 Å². The van der Waals surface area contributed by atoms with Crippen LogP contribution in [-0.4, -0.2) is 0 Å². The number of thiophene rings is 1. The van der Waals surface area contributed by atoms with Gasteiger partial charge in [0.2, 0.25) is 0 Å². The summed E-state index contributed by atoms with van der Waals surface area (Å²) in [5.74, 6) is 0. The molecule has 0 spiro atoms. The Kier molecular flexibility index (Phi) is 4.49. The van der Waals surface area contributed by atoms with Crippen LogP contribution in [0.4, 0.5) is 5.69 Å². The Morgan fingerprint density at radius 1 is 1.35 bits per heavy atom. The zero-order valence-corrected chi connectivity index (χ0v) is 14.2. The molecule has 1 nitrogen and oxygen atoms in total. The van der Waals surface area contributed by atoms with Crippen molar-refractivity contribution in [3.63, 3.8) is 0 Å². The normalized spacial score (nSPS) is 12.5. The predicted molar refractivity (Wildman–Crippen MR) is 88.0 cm³/mol. The van der Waals surface area contributed by atoms with Crippen LogP contribution in [0.15, 0.2) is 34.1 Å². The van der Waals surface area contributed by atoms with E-state index in [9.17, 15) is 0 Å². The highest BCUT2D eigenvalue weighted by molar-refractivity contribution is 14.1. The van der Waals surface area contributed by atoms with Gasteiger partial charge in [-0.1, -0.05) is 6.07 Å². The second-order valence-electron chi connectivity index (χ2n) is 3.96. The molecule has 1 unspecified atom stereocenters. The van der Waals surface area contributed by atoms with Crippen LogP contribution in [0.1, 0.15) is 23.4 Å². The summed E-state index contributed by atoms with van der Waals surface area (Å²) in [7, 11) is 0. The zero-order valence-electron chi connectivity index (χ0n) is 9.63. The number of hydrogen-bond acceptors (Lipinski definition) is 2. The van der Waals surface area contributed by atoms with Gasteiger partial charge in [0.05, 0.1) is 6.04 Å². The minimum absolute atomic E-state index is 0.322. The van der Waals surface area contributed by atoms with E-state index in [1.54, 1.807) is 11.3 Å². The molecule has 17 heavy (non-hydrogen) atoms. The van der Waals surface area contributed by atoms with Crippen LogP contribution in [0, 0.1) is 10.5 Å². The van der Waals surface area contributed by atoms with Gasteiger partial charge in [0.25, 0.3) is 0 Å². The van der Waals surface area contributed by atoms with E-state index < -0.39 is 0 Å². The van der Waals surface area contributed by atoms with Crippen LogP contribution < -0.4 is 5.32 Å². The van der Waals surface area contributed by atoms with Gasteiger partial charge in [0.15, 0.2) is 0 Å². The first-order valence-corrected chi connectivity index (χ1v) is 8.08. The zero-order chi connectivity index (χ0) is 12.4. The van der Waals surface area contributed by atoms with Crippen molar-refractivity contribution in [3.8, 4) is 0 Å². The van der Waals surface area contributed by atoms with Crippen molar-refractivity contribution in [2.24, 2.45) is 0 Å². The van der Waals surface area contributed by atoms with Gasteiger partial charge in [-0.2, -0.15) is 0 Å².